The molecular weight excluding hydrogens is 238 g/mol. The molecule has 6 heteroatoms. The molecule has 0 aliphatic heterocycles. The van der Waals surface area contributed by atoms with Gasteiger partial charge in [0, 0.05) is 18.6 Å². The third kappa shape index (κ3) is 1.53. The van der Waals surface area contributed by atoms with Gasteiger partial charge in [0.15, 0.2) is 4.96 Å². The zero-order chi connectivity index (χ0) is 12.0. The normalized spacial score (nSPS) is 11.1. The van der Waals surface area contributed by atoms with E-state index in [9.17, 15) is 4.79 Å². The molecular formula is C11H9N3O2S. The maximum Gasteiger partial charge on any atom is 0.352 e. The second kappa shape index (κ2) is 3.46. The minimum atomic E-state index is -0.935. The summed E-state index contributed by atoms with van der Waals surface area (Å²) in [5, 5.41) is 8.98. The topological polar surface area (TPSA) is 70.4 Å². The molecule has 0 fully saturated rings. The van der Waals surface area contributed by atoms with Crippen molar-refractivity contribution in [2.75, 3.05) is 0 Å². The zero-order valence-electron chi connectivity index (χ0n) is 8.97. The van der Waals surface area contributed by atoms with Crippen molar-refractivity contribution < 1.29 is 9.90 Å². The highest BCUT2D eigenvalue weighted by atomic mass is 32.1. The van der Waals surface area contributed by atoms with Crippen molar-refractivity contribution in [3.8, 4) is 10.6 Å². The average molecular weight is 247 g/mol. The number of aromatic amines is 1. The highest BCUT2D eigenvalue weighted by Gasteiger charge is 2.13. The van der Waals surface area contributed by atoms with Crippen molar-refractivity contribution in [1.82, 2.24) is 14.4 Å². The number of carboxylic acid groups (broad SMARTS) is 1. The van der Waals surface area contributed by atoms with Crippen LogP contribution >= 0.6 is 11.3 Å². The number of hydrogen-bond acceptors (Lipinski definition) is 3. The van der Waals surface area contributed by atoms with E-state index in [0.717, 1.165) is 21.1 Å². The number of rotatable bonds is 2. The number of carbonyl (C=O) groups is 1. The second-order valence-electron chi connectivity index (χ2n) is 3.76. The van der Waals surface area contributed by atoms with E-state index in [1.807, 2.05) is 22.9 Å². The van der Waals surface area contributed by atoms with E-state index >= 15 is 0 Å². The molecule has 3 heterocycles. The quantitative estimate of drug-likeness (QED) is 0.730. The van der Waals surface area contributed by atoms with Crippen LogP contribution < -0.4 is 0 Å². The summed E-state index contributed by atoms with van der Waals surface area (Å²) in [6.45, 7) is 1.78. The van der Waals surface area contributed by atoms with Gasteiger partial charge in [0.2, 0.25) is 0 Å². The molecule has 3 aromatic rings. The van der Waals surface area contributed by atoms with Crippen LogP contribution in [0.4, 0.5) is 0 Å². The molecule has 0 unspecified atom stereocenters. The van der Waals surface area contributed by atoms with Crippen LogP contribution in [0.5, 0.6) is 0 Å². The highest BCUT2D eigenvalue weighted by molar-refractivity contribution is 7.20. The summed E-state index contributed by atoms with van der Waals surface area (Å²) >= 11 is 1.52. The van der Waals surface area contributed by atoms with Crippen molar-refractivity contribution in [1.29, 1.82) is 0 Å². The van der Waals surface area contributed by atoms with Crippen LogP contribution in [-0.4, -0.2) is 25.4 Å². The summed E-state index contributed by atoms with van der Waals surface area (Å²) in [5.74, 6) is -0.935. The van der Waals surface area contributed by atoms with Gasteiger partial charge in [-0.1, -0.05) is 11.3 Å². The first-order chi connectivity index (χ1) is 8.15. The molecule has 0 amide bonds. The first-order valence-corrected chi connectivity index (χ1v) is 5.82. The number of hydrogen-bond donors (Lipinski definition) is 2. The Morgan fingerprint density at radius 2 is 2.41 bits per heavy atom. The molecule has 0 aliphatic rings. The smallest absolute Gasteiger partial charge is 0.352 e. The molecule has 0 aromatic carbocycles. The number of carboxylic acids is 1. The standard InChI is InChI=1S/C11H9N3O2S/c1-6-4-7(13-9(6)10(15)16)8-5-14-3-2-12-11(14)17-8/h2-5,13H,1H3,(H,15,16). The lowest BCUT2D eigenvalue weighted by Gasteiger charge is -1.90. The van der Waals surface area contributed by atoms with Crippen molar-refractivity contribution >= 4 is 22.3 Å². The van der Waals surface area contributed by atoms with Crippen molar-refractivity contribution in [2.45, 2.75) is 6.92 Å². The van der Waals surface area contributed by atoms with Gasteiger partial charge in [-0.25, -0.2) is 9.78 Å². The molecule has 0 aliphatic carbocycles. The van der Waals surface area contributed by atoms with Crippen LogP contribution in [0.15, 0.2) is 24.7 Å². The van der Waals surface area contributed by atoms with Crippen LogP contribution in [0.2, 0.25) is 0 Å². The Bertz CT molecular complexity index is 679. The monoisotopic (exact) mass is 247 g/mol. The Labute approximate surface area is 100 Å². The molecule has 86 valence electrons. The van der Waals surface area contributed by atoms with Gasteiger partial charge in [0.1, 0.15) is 5.69 Å². The van der Waals surface area contributed by atoms with Gasteiger partial charge < -0.3 is 10.1 Å². The number of imidazole rings is 1. The highest BCUT2D eigenvalue weighted by Crippen LogP contribution is 2.28. The largest absolute Gasteiger partial charge is 0.477 e. The van der Waals surface area contributed by atoms with Crippen LogP contribution in [0.3, 0.4) is 0 Å². The minimum Gasteiger partial charge on any atom is -0.477 e. The summed E-state index contributed by atoms with van der Waals surface area (Å²) in [4.78, 5) is 19.9. The maximum absolute atomic E-state index is 10.9. The van der Waals surface area contributed by atoms with E-state index in [1.165, 1.54) is 11.3 Å². The number of aryl methyl sites for hydroxylation is 1. The van der Waals surface area contributed by atoms with Gasteiger partial charge in [-0.3, -0.25) is 4.40 Å². The molecule has 0 saturated heterocycles. The zero-order valence-corrected chi connectivity index (χ0v) is 9.78. The van der Waals surface area contributed by atoms with Gasteiger partial charge in [0.05, 0.1) is 10.6 Å². The molecule has 0 atom stereocenters. The van der Waals surface area contributed by atoms with Crippen LogP contribution in [0.25, 0.3) is 15.5 Å². The number of nitrogens with zero attached hydrogens (tertiary/aromatic N) is 2. The van der Waals surface area contributed by atoms with Crippen LogP contribution in [-0.2, 0) is 0 Å². The van der Waals surface area contributed by atoms with Gasteiger partial charge in [0.25, 0.3) is 0 Å². The van der Waals surface area contributed by atoms with E-state index in [1.54, 1.807) is 13.1 Å². The fourth-order valence-electron chi connectivity index (χ4n) is 1.77. The molecule has 2 N–H and O–H groups in total. The van der Waals surface area contributed by atoms with Crippen molar-refractivity contribution in [2.24, 2.45) is 0 Å². The minimum absolute atomic E-state index is 0.242. The van der Waals surface area contributed by atoms with Gasteiger partial charge in [-0.2, -0.15) is 0 Å². The van der Waals surface area contributed by atoms with E-state index in [2.05, 4.69) is 9.97 Å². The predicted octanol–water partition coefficient (Wildman–Crippen LogP) is 2.40. The van der Waals surface area contributed by atoms with Gasteiger partial charge in [-0.05, 0) is 18.6 Å². The third-order valence-electron chi connectivity index (χ3n) is 2.58. The summed E-state index contributed by atoms with van der Waals surface area (Å²) in [5.41, 5.74) is 1.79. The first kappa shape index (κ1) is 10.1. The molecule has 0 saturated carbocycles. The van der Waals surface area contributed by atoms with E-state index in [-0.39, 0.29) is 5.69 Å². The molecule has 0 spiro atoms. The van der Waals surface area contributed by atoms with Crippen LogP contribution in [0.1, 0.15) is 16.1 Å². The number of nitrogens with one attached hydrogen (secondary N) is 1. The number of aromatic nitrogens is 3. The lowest BCUT2D eigenvalue weighted by molar-refractivity contribution is 0.0690. The Morgan fingerprint density at radius 3 is 3.06 bits per heavy atom. The van der Waals surface area contributed by atoms with Gasteiger partial charge >= 0.3 is 5.97 Å². The van der Waals surface area contributed by atoms with Gasteiger partial charge in [-0.15, -0.1) is 0 Å². The van der Waals surface area contributed by atoms with Crippen molar-refractivity contribution in [3.63, 3.8) is 0 Å². The average Bonchev–Trinajstić information content (AvgIpc) is 2.88. The SMILES string of the molecule is Cc1cc(-c2cn3ccnc3s2)[nH]c1C(=O)O. The first-order valence-electron chi connectivity index (χ1n) is 5.01. The molecule has 0 radical (unpaired) electrons. The summed E-state index contributed by atoms with van der Waals surface area (Å²) in [6.07, 6.45) is 5.53. The van der Waals surface area contributed by atoms with Crippen LogP contribution in [0, 0.1) is 6.92 Å². The Morgan fingerprint density at radius 1 is 1.59 bits per heavy atom. The number of H-pyrrole nitrogens is 1. The fourth-order valence-corrected chi connectivity index (χ4v) is 2.68. The maximum atomic E-state index is 10.9. The Kier molecular flexibility index (Phi) is 2.05. The molecule has 5 nitrogen and oxygen atoms in total. The number of aromatic carboxylic acids is 1. The Balaban J connectivity index is 2.12. The lowest BCUT2D eigenvalue weighted by Crippen LogP contribution is -1.98. The predicted molar refractivity (Wildman–Crippen MR) is 64.6 cm³/mol. The lowest BCUT2D eigenvalue weighted by atomic mass is 10.2. The van der Waals surface area contributed by atoms with E-state index < -0.39 is 5.97 Å². The summed E-state index contributed by atoms with van der Waals surface area (Å²) in [6, 6.07) is 1.84. The fraction of sp³-hybridized carbons (Fsp3) is 0.0909. The molecule has 0 bridgehead atoms. The Hall–Kier alpha value is -2.08. The van der Waals surface area contributed by atoms with E-state index in [4.69, 9.17) is 5.11 Å². The second-order valence-corrected chi connectivity index (χ2v) is 4.77. The molecule has 3 aromatic heterocycles. The third-order valence-corrected chi connectivity index (χ3v) is 3.63. The van der Waals surface area contributed by atoms with Crippen molar-refractivity contribution in [3.05, 3.63) is 35.9 Å². The summed E-state index contributed by atoms with van der Waals surface area (Å²) in [7, 11) is 0. The number of fused-ring (bicyclic) bond motifs is 1. The summed E-state index contributed by atoms with van der Waals surface area (Å²) < 4.78 is 1.91. The molecule has 17 heavy (non-hydrogen) atoms. The molecule has 3 rings (SSSR count). The van der Waals surface area contributed by atoms with E-state index in [0.29, 0.717) is 0 Å². The number of thiazole rings is 1.